The van der Waals surface area contributed by atoms with Gasteiger partial charge in [0.15, 0.2) is 0 Å². The largest absolute Gasteiger partial charge is 0.340 e. The minimum absolute atomic E-state index is 0.128. The van der Waals surface area contributed by atoms with Crippen molar-refractivity contribution in [3.8, 4) is 0 Å². The van der Waals surface area contributed by atoms with Gasteiger partial charge >= 0.3 is 0 Å². The van der Waals surface area contributed by atoms with Gasteiger partial charge in [0, 0.05) is 19.0 Å². The van der Waals surface area contributed by atoms with E-state index in [2.05, 4.69) is 10.3 Å². The average Bonchev–Trinajstić information content (AvgIpc) is 2.71. The first kappa shape index (κ1) is 14.2. The zero-order chi connectivity index (χ0) is 12.9. The van der Waals surface area contributed by atoms with E-state index in [1.165, 1.54) is 0 Å². The van der Waals surface area contributed by atoms with Crippen molar-refractivity contribution in [3.05, 3.63) is 18.2 Å². The van der Waals surface area contributed by atoms with E-state index in [1.54, 1.807) is 13.3 Å². The molecule has 0 fully saturated rings. The molecule has 5 nitrogen and oxygen atoms in total. The van der Waals surface area contributed by atoms with Crippen LogP contribution in [0.3, 0.4) is 0 Å². The molecule has 0 aromatic carbocycles. The quantitative estimate of drug-likeness (QED) is 0.790. The summed E-state index contributed by atoms with van der Waals surface area (Å²) in [6.45, 7) is 1.68. The van der Waals surface area contributed by atoms with Gasteiger partial charge in [0.2, 0.25) is 0 Å². The molecule has 0 radical (unpaired) electrons. The molecule has 98 valence electrons. The number of nitrogens with one attached hydrogen (secondary N) is 1. The number of sulfone groups is 1. The van der Waals surface area contributed by atoms with E-state index in [1.807, 2.05) is 24.9 Å². The van der Waals surface area contributed by atoms with Crippen molar-refractivity contribution < 1.29 is 8.42 Å². The van der Waals surface area contributed by atoms with Crippen LogP contribution in [0.5, 0.6) is 0 Å². The summed E-state index contributed by atoms with van der Waals surface area (Å²) < 4.78 is 24.6. The molecule has 0 spiro atoms. The summed E-state index contributed by atoms with van der Waals surface area (Å²) in [6.07, 6.45) is 5.16. The Hall–Kier alpha value is -0.880. The summed E-state index contributed by atoms with van der Waals surface area (Å²) in [7, 11) is 0.936. The molecule has 0 bridgehead atoms. The van der Waals surface area contributed by atoms with Gasteiger partial charge in [-0.3, -0.25) is 0 Å². The molecule has 0 amide bonds. The Morgan fingerprint density at radius 3 is 2.71 bits per heavy atom. The molecule has 1 aromatic heterocycles. The van der Waals surface area contributed by atoms with Crippen LogP contribution in [-0.2, 0) is 16.9 Å². The lowest BCUT2D eigenvalue weighted by Gasteiger charge is -2.13. The second kappa shape index (κ2) is 6.16. The molecule has 1 unspecified atom stereocenters. The van der Waals surface area contributed by atoms with Crippen molar-refractivity contribution in [3.63, 3.8) is 0 Å². The van der Waals surface area contributed by atoms with E-state index in [0.29, 0.717) is 6.42 Å². The summed E-state index contributed by atoms with van der Waals surface area (Å²) in [4.78, 5) is 4.27. The second-order valence-electron chi connectivity index (χ2n) is 4.18. The van der Waals surface area contributed by atoms with Gasteiger partial charge in [0.05, 0.1) is 23.8 Å². The number of imidazole rings is 1. The van der Waals surface area contributed by atoms with Crippen LogP contribution in [0.1, 0.15) is 31.5 Å². The average molecular weight is 259 g/mol. The highest BCUT2D eigenvalue weighted by Gasteiger charge is 2.14. The molecule has 0 saturated carbocycles. The van der Waals surface area contributed by atoms with Gasteiger partial charge in [-0.25, -0.2) is 13.4 Å². The molecule has 17 heavy (non-hydrogen) atoms. The van der Waals surface area contributed by atoms with Crippen LogP contribution >= 0.6 is 0 Å². The Kier molecular flexibility index (Phi) is 5.14. The van der Waals surface area contributed by atoms with Gasteiger partial charge in [0.25, 0.3) is 0 Å². The van der Waals surface area contributed by atoms with Crippen molar-refractivity contribution in [2.45, 2.75) is 25.8 Å². The molecule has 1 aromatic rings. The predicted molar refractivity (Wildman–Crippen MR) is 68.6 cm³/mol. The zero-order valence-corrected chi connectivity index (χ0v) is 11.5. The van der Waals surface area contributed by atoms with E-state index >= 15 is 0 Å². The Labute approximate surface area is 103 Å². The monoisotopic (exact) mass is 259 g/mol. The fourth-order valence-corrected chi connectivity index (χ4v) is 2.60. The highest BCUT2D eigenvalue weighted by Crippen LogP contribution is 2.16. The smallest absolute Gasteiger partial charge is 0.150 e. The maximum Gasteiger partial charge on any atom is 0.150 e. The van der Waals surface area contributed by atoms with Gasteiger partial charge in [-0.05, 0) is 19.9 Å². The number of rotatable bonds is 7. The fourth-order valence-electron chi connectivity index (χ4n) is 1.70. The number of hydrogen-bond donors (Lipinski definition) is 1. The Balaban J connectivity index is 2.49. The van der Waals surface area contributed by atoms with E-state index < -0.39 is 9.84 Å². The van der Waals surface area contributed by atoms with Crippen molar-refractivity contribution in [2.24, 2.45) is 7.05 Å². The van der Waals surface area contributed by atoms with Crippen molar-refractivity contribution >= 4 is 9.84 Å². The highest BCUT2D eigenvalue weighted by atomic mass is 32.2. The van der Waals surface area contributed by atoms with Crippen LogP contribution in [0.4, 0.5) is 0 Å². The van der Waals surface area contributed by atoms with Crippen LogP contribution in [-0.4, -0.2) is 36.5 Å². The van der Waals surface area contributed by atoms with Crippen LogP contribution < -0.4 is 5.32 Å². The van der Waals surface area contributed by atoms with Crippen LogP contribution in [0.15, 0.2) is 12.5 Å². The first-order valence-corrected chi connectivity index (χ1v) is 7.66. The molecule has 0 aliphatic heterocycles. The van der Waals surface area contributed by atoms with Crippen molar-refractivity contribution in [1.82, 2.24) is 14.9 Å². The first-order valence-electron chi connectivity index (χ1n) is 5.84. The fraction of sp³-hybridized carbons (Fsp3) is 0.727. The van der Waals surface area contributed by atoms with Crippen LogP contribution in [0, 0.1) is 0 Å². The third-order valence-corrected chi connectivity index (χ3v) is 4.61. The van der Waals surface area contributed by atoms with E-state index in [9.17, 15) is 8.42 Å². The lowest BCUT2D eigenvalue weighted by molar-refractivity contribution is 0.525. The standard InChI is InChI=1S/C11H21N3O2S/c1-4-17(15,16)7-5-6-10(12-2)11-8-14(3)9-13-11/h8-10,12H,4-7H2,1-3H3. The van der Waals surface area contributed by atoms with Gasteiger partial charge < -0.3 is 9.88 Å². The molecule has 0 aliphatic rings. The van der Waals surface area contributed by atoms with E-state index in [-0.39, 0.29) is 17.5 Å². The summed E-state index contributed by atoms with van der Waals surface area (Å²) in [5, 5.41) is 3.17. The SMILES string of the molecule is CCS(=O)(=O)CCCC(NC)c1cn(C)cn1. The summed E-state index contributed by atoms with van der Waals surface area (Å²) in [6, 6.07) is 0.128. The molecule has 0 aliphatic carbocycles. The van der Waals surface area contributed by atoms with Gasteiger partial charge in [-0.2, -0.15) is 0 Å². The van der Waals surface area contributed by atoms with E-state index in [4.69, 9.17) is 0 Å². The van der Waals surface area contributed by atoms with Crippen molar-refractivity contribution in [1.29, 1.82) is 0 Å². The van der Waals surface area contributed by atoms with Gasteiger partial charge in [-0.15, -0.1) is 0 Å². The molecule has 0 saturated heterocycles. The third kappa shape index (κ3) is 4.47. The van der Waals surface area contributed by atoms with Gasteiger partial charge in [0.1, 0.15) is 9.84 Å². The molecule has 1 atom stereocenters. The first-order chi connectivity index (χ1) is 7.98. The lowest BCUT2D eigenvalue weighted by atomic mass is 10.1. The Bertz CT molecular complexity index is 439. The topological polar surface area (TPSA) is 64.0 Å². The summed E-state index contributed by atoms with van der Waals surface area (Å²) in [5.74, 6) is 0.481. The minimum Gasteiger partial charge on any atom is -0.340 e. The molecule has 1 heterocycles. The molecular weight excluding hydrogens is 238 g/mol. The molecule has 1 rings (SSSR count). The number of aromatic nitrogens is 2. The van der Waals surface area contributed by atoms with E-state index in [0.717, 1.165) is 12.1 Å². The van der Waals surface area contributed by atoms with Gasteiger partial charge in [-0.1, -0.05) is 6.92 Å². The number of nitrogens with zero attached hydrogens (tertiary/aromatic N) is 2. The normalized spacial score (nSPS) is 13.8. The van der Waals surface area contributed by atoms with Crippen molar-refractivity contribution in [2.75, 3.05) is 18.6 Å². The van der Waals surface area contributed by atoms with Crippen LogP contribution in [0.2, 0.25) is 0 Å². The Morgan fingerprint density at radius 2 is 2.24 bits per heavy atom. The minimum atomic E-state index is -2.85. The molecule has 6 heteroatoms. The lowest BCUT2D eigenvalue weighted by Crippen LogP contribution is -2.18. The maximum atomic E-state index is 11.4. The van der Waals surface area contributed by atoms with Crippen LogP contribution in [0.25, 0.3) is 0 Å². The third-order valence-electron chi connectivity index (χ3n) is 2.82. The number of aryl methyl sites for hydroxylation is 1. The highest BCUT2D eigenvalue weighted by molar-refractivity contribution is 7.91. The summed E-state index contributed by atoms with van der Waals surface area (Å²) in [5.41, 5.74) is 0.962. The predicted octanol–water partition coefficient (Wildman–Crippen LogP) is 0.895. The summed E-state index contributed by atoms with van der Waals surface area (Å²) >= 11 is 0. The molecule has 1 N–H and O–H groups in total. The zero-order valence-electron chi connectivity index (χ0n) is 10.7. The second-order valence-corrected chi connectivity index (χ2v) is 6.66. The molecular formula is C11H21N3O2S. The number of hydrogen-bond acceptors (Lipinski definition) is 4. The Morgan fingerprint density at radius 1 is 1.53 bits per heavy atom. The maximum absolute atomic E-state index is 11.4.